The van der Waals surface area contributed by atoms with Crippen molar-refractivity contribution >= 4 is 45.0 Å². The fourth-order valence-electron chi connectivity index (χ4n) is 3.56. The van der Waals surface area contributed by atoms with Crippen LogP contribution < -0.4 is 11.1 Å². The van der Waals surface area contributed by atoms with Gasteiger partial charge in [0.25, 0.3) is 0 Å². The zero-order chi connectivity index (χ0) is 20.5. The second-order valence-corrected chi connectivity index (χ2v) is 8.35. The number of pyridine rings is 1. The molecule has 3 aromatic rings. The number of aromatic amines is 1. The van der Waals surface area contributed by atoms with Gasteiger partial charge in [0.1, 0.15) is 0 Å². The molecule has 0 saturated carbocycles. The first-order valence-electron chi connectivity index (χ1n) is 9.22. The lowest BCUT2D eigenvalue weighted by molar-refractivity contribution is -0.146. The number of hydrogen-bond donors (Lipinski definition) is 3. The van der Waals surface area contributed by atoms with Crippen LogP contribution in [0.4, 0.5) is 5.69 Å². The molecular weight excluding hydrogens is 392 g/mol. The summed E-state index contributed by atoms with van der Waals surface area (Å²) in [7, 11) is 0. The molecule has 0 bridgehead atoms. The van der Waals surface area contributed by atoms with Gasteiger partial charge in [0, 0.05) is 17.6 Å². The monoisotopic (exact) mass is 412 g/mol. The van der Waals surface area contributed by atoms with Gasteiger partial charge < -0.3 is 16.0 Å². The van der Waals surface area contributed by atoms with Crippen LogP contribution in [0.15, 0.2) is 30.7 Å². The van der Waals surface area contributed by atoms with Gasteiger partial charge in [-0.2, -0.15) is 5.10 Å². The van der Waals surface area contributed by atoms with Crippen LogP contribution in [-0.4, -0.2) is 44.3 Å². The molecule has 4 N–H and O–H groups in total. The molecule has 1 saturated heterocycles. The van der Waals surface area contributed by atoms with Crippen molar-refractivity contribution in [3.05, 3.63) is 41.2 Å². The van der Waals surface area contributed by atoms with Crippen molar-refractivity contribution in [2.45, 2.75) is 25.8 Å². The average molecular weight is 412 g/mol. The molecule has 0 unspecified atom stereocenters. The number of carbonyl (C=O) groups is 3. The number of nitrogens with zero attached hydrogens (tertiary/aromatic N) is 3. The van der Waals surface area contributed by atoms with Crippen LogP contribution in [0.2, 0.25) is 0 Å². The Labute approximate surface area is 170 Å². The summed E-state index contributed by atoms with van der Waals surface area (Å²) in [5.41, 5.74) is 6.57. The van der Waals surface area contributed by atoms with Crippen LogP contribution in [-0.2, 0) is 9.59 Å². The fraction of sp³-hybridized carbons (Fsp3) is 0.316. The van der Waals surface area contributed by atoms with E-state index in [0.717, 1.165) is 27.9 Å². The summed E-state index contributed by atoms with van der Waals surface area (Å²) in [5, 5.41) is 9.47. The van der Waals surface area contributed by atoms with E-state index in [1.807, 2.05) is 6.07 Å². The lowest BCUT2D eigenvalue weighted by Crippen LogP contribution is -2.46. The topological polar surface area (TPSA) is 134 Å². The average Bonchev–Trinajstić information content (AvgIpc) is 3.29. The Kier molecular flexibility index (Phi) is 5.01. The normalized spacial score (nSPS) is 19.3. The molecule has 2 atom stereocenters. The van der Waals surface area contributed by atoms with Gasteiger partial charge in [-0.05, 0) is 30.9 Å². The number of aromatic nitrogens is 3. The van der Waals surface area contributed by atoms with E-state index in [9.17, 15) is 14.4 Å². The Morgan fingerprint density at radius 2 is 2.07 bits per heavy atom. The molecule has 0 radical (unpaired) electrons. The van der Waals surface area contributed by atoms with Gasteiger partial charge in [-0.3, -0.25) is 24.5 Å². The van der Waals surface area contributed by atoms with Gasteiger partial charge in [0.05, 0.1) is 39.9 Å². The van der Waals surface area contributed by atoms with E-state index >= 15 is 0 Å². The number of anilines is 1. The molecule has 0 aromatic carbocycles. The van der Waals surface area contributed by atoms with E-state index in [0.29, 0.717) is 12.5 Å². The number of H-pyrrole nitrogens is 1. The number of primary amides is 1. The van der Waals surface area contributed by atoms with E-state index in [2.05, 4.69) is 27.4 Å². The van der Waals surface area contributed by atoms with Crippen LogP contribution in [0.25, 0.3) is 10.2 Å². The molecule has 4 heterocycles. The molecular formula is C19H20N6O3S. The molecule has 29 heavy (non-hydrogen) atoms. The zero-order valence-corrected chi connectivity index (χ0v) is 16.5. The van der Waals surface area contributed by atoms with Crippen molar-refractivity contribution in [3.8, 4) is 0 Å². The van der Waals surface area contributed by atoms with E-state index in [1.54, 1.807) is 22.4 Å². The first-order chi connectivity index (χ1) is 13.9. The van der Waals surface area contributed by atoms with Crippen LogP contribution in [0, 0.1) is 5.92 Å². The van der Waals surface area contributed by atoms with Crippen molar-refractivity contribution in [1.29, 1.82) is 0 Å². The van der Waals surface area contributed by atoms with Crippen molar-refractivity contribution < 1.29 is 14.4 Å². The van der Waals surface area contributed by atoms with Gasteiger partial charge in [-0.1, -0.05) is 6.92 Å². The lowest BCUT2D eigenvalue weighted by Gasteiger charge is -2.37. The van der Waals surface area contributed by atoms with Gasteiger partial charge in [-0.15, -0.1) is 11.3 Å². The molecule has 1 aliphatic heterocycles. The number of rotatable bonds is 3. The molecule has 10 heteroatoms. The van der Waals surface area contributed by atoms with E-state index in [4.69, 9.17) is 5.73 Å². The van der Waals surface area contributed by atoms with Crippen molar-refractivity contribution in [2.24, 2.45) is 11.7 Å². The highest BCUT2D eigenvalue weighted by molar-refractivity contribution is 7.19. The highest BCUT2D eigenvalue weighted by atomic mass is 32.1. The molecule has 1 aliphatic rings. The highest BCUT2D eigenvalue weighted by Gasteiger charge is 2.35. The quantitative estimate of drug-likeness (QED) is 0.566. The number of carbonyl (C=O) groups excluding carboxylic acids is 3. The molecule has 3 amide bonds. The summed E-state index contributed by atoms with van der Waals surface area (Å²) in [4.78, 5) is 43.5. The molecule has 9 nitrogen and oxygen atoms in total. The molecule has 0 spiro atoms. The Hall–Kier alpha value is -3.27. The SMILES string of the molecule is C[C@H]1CC[C@H](c2cc3[nH]ncc3s2)N(C(=O)C(=O)Nc2cncc(C(N)=O)c2)C1. The molecule has 1 fully saturated rings. The standard InChI is InChI=1S/C19H20N6O3S/c1-10-2-3-14(15-5-13-16(29-15)8-22-24-13)25(9-10)19(28)18(27)23-12-4-11(17(20)26)6-21-7-12/h4-8,10,14H,2-3,9H2,1H3,(H2,20,26)(H,22,24)(H,23,27)/t10-,14+/m0/s1. The van der Waals surface area contributed by atoms with E-state index in [-0.39, 0.29) is 17.3 Å². The number of fused-ring (bicyclic) bond motifs is 1. The number of nitrogens with two attached hydrogens (primary N) is 1. The lowest BCUT2D eigenvalue weighted by atomic mass is 9.93. The summed E-state index contributed by atoms with van der Waals surface area (Å²) in [6.07, 6.45) is 6.19. The Balaban J connectivity index is 1.55. The maximum atomic E-state index is 13.0. The molecule has 3 aromatic heterocycles. The van der Waals surface area contributed by atoms with E-state index in [1.165, 1.54) is 18.5 Å². The second kappa shape index (κ2) is 7.63. The smallest absolute Gasteiger partial charge is 0.313 e. The Bertz CT molecular complexity index is 1060. The van der Waals surface area contributed by atoms with Crippen molar-refractivity contribution in [3.63, 3.8) is 0 Å². The minimum Gasteiger partial charge on any atom is -0.366 e. The predicted octanol–water partition coefficient (Wildman–Crippen LogP) is 2.06. The highest BCUT2D eigenvalue weighted by Crippen LogP contribution is 2.38. The maximum absolute atomic E-state index is 13.0. The summed E-state index contributed by atoms with van der Waals surface area (Å²) >= 11 is 1.57. The van der Waals surface area contributed by atoms with E-state index < -0.39 is 17.7 Å². The number of hydrogen-bond acceptors (Lipinski definition) is 6. The first-order valence-corrected chi connectivity index (χ1v) is 10.0. The number of thiophene rings is 1. The molecule has 0 aliphatic carbocycles. The maximum Gasteiger partial charge on any atom is 0.313 e. The van der Waals surface area contributed by atoms with Gasteiger partial charge in [0.15, 0.2) is 0 Å². The number of nitrogens with one attached hydrogen (secondary N) is 2. The van der Waals surface area contributed by atoms with Gasteiger partial charge in [0.2, 0.25) is 5.91 Å². The Morgan fingerprint density at radius 1 is 1.24 bits per heavy atom. The molecule has 150 valence electrons. The summed E-state index contributed by atoms with van der Waals surface area (Å²) in [6, 6.07) is 3.22. The number of piperidine rings is 1. The summed E-state index contributed by atoms with van der Waals surface area (Å²) < 4.78 is 1.02. The second-order valence-electron chi connectivity index (χ2n) is 7.23. The minimum atomic E-state index is -0.767. The summed E-state index contributed by atoms with van der Waals surface area (Å²) in [6.45, 7) is 2.57. The van der Waals surface area contributed by atoms with Crippen LogP contribution in [0.3, 0.4) is 0 Å². The third-order valence-electron chi connectivity index (χ3n) is 5.03. The summed E-state index contributed by atoms with van der Waals surface area (Å²) in [5.74, 6) is -1.74. The minimum absolute atomic E-state index is 0.155. The van der Waals surface area contributed by atoms with Crippen molar-refractivity contribution in [2.75, 3.05) is 11.9 Å². The zero-order valence-electron chi connectivity index (χ0n) is 15.7. The number of likely N-dealkylation sites (tertiary alicyclic amines) is 1. The first kappa shape index (κ1) is 19.1. The fourth-order valence-corrected chi connectivity index (χ4v) is 4.70. The molecule has 4 rings (SSSR count). The largest absolute Gasteiger partial charge is 0.366 e. The van der Waals surface area contributed by atoms with Gasteiger partial charge in [-0.25, -0.2) is 0 Å². The van der Waals surface area contributed by atoms with Crippen LogP contribution in [0.1, 0.15) is 41.0 Å². The van der Waals surface area contributed by atoms with Crippen LogP contribution in [0.5, 0.6) is 0 Å². The third-order valence-corrected chi connectivity index (χ3v) is 6.20. The predicted molar refractivity (Wildman–Crippen MR) is 108 cm³/mol. The van der Waals surface area contributed by atoms with Crippen molar-refractivity contribution in [1.82, 2.24) is 20.1 Å². The van der Waals surface area contributed by atoms with Crippen LogP contribution >= 0.6 is 11.3 Å². The Morgan fingerprint density at radius 3 is 2.83 bits per heavy atom. The third kappa shape index (κ3) is 3.83. The number of amides is 3. The van der Waals surface area contributed by atoms with Gasteiger partial charge >= 0.3 is 11.8 Å².